The summed E-state index contributed by atoms with van der Waals surface area (Å²) in [4.78, 5) is 23.9. The number of imide groups is 1. The highest BCUT2D eigenvalue weighted by atomic mass is 16.2. The number of nitriles is 1. The zero-order valence-electron chi connectivity index (χ0n) is 11.0. The molecule has 0 aliphatic carbocycles. The topological polar surface area (TPSA) is 70.0 Å². The normalized spacial score (nSPS) is 15.3. The SMILES string of the molecule is N#Cc1cccc(C=C2C(=O)NC(=O)c3ccccc32)c1. The number of rotatable bonds is 1. The standard InChI is InChI=1S/C17H10N2O2/c18-10-12-5-3-4-11(8-12)9-15-13-6-1-2-7-14(13)16(20)19-17(15)21/h1-9H,(H,19,20,21). The van der Waals surface area contributed by atoms with Crippen LogP contribution in [0.1, 0.15) is 27.0 Å². The fraction of sp³-hybridized carbons (Fsp3) is 0. The molecular formula is C17H10N2O2. The van der Waals surface area contributed by atoms with Gasteiger partial charge in [0.15, 0.2) is 0 Å². The first-order valence-electron chi connectivity index (χ1n) is 6.36. The minimum absolute atomic E-state index is 0.390. The highest BCUT2D eigenvalue weighted by molar-refractivity contribution is 6.33. The first kappa shape index (κ1) is 12.8. The van der Waals surface area contributed by atoms with Gasteiger partial charge in [-0.15, -0.1) is 0 Å². The van der Waals surface area contributed by atoms with Crippen molar-refractivity contribution < 1.29 is 9.59 Å². The monoisotopic (exact) mass is 274 g/mol. The maximum atomic E-state index is 12.1. The number of nitrogens with one attached hydrogen (secondary N) is 1. The van der Waals surface area contributed by atoms with Gasteiger partial charge in [-0.3, -0.25) is 14.9 Å². The van der Waals surface area contributed by atoms with Crippen molar-refractivity contribution in [2.24, 2.45) is 0 Å². The predicted molar refractivity (Wildman–Crippen MR) is 77.9 cm³/mol. The third kappa shape index (κ3) is 2.33. The van der Waals surface area contributed by atoms with E-state index in [1.807, 2.05) is 0 Å². The van der Waals surface area contributed by atoms with Crippen LogP contribution in [0.4, 0.5) is 0 Å². The maximum absolute atomic E-state index is 12.1. The number of amides is 2. The molecule has 2 aromatic rings. The van der Waals surface area contributed by atoms with Gasteiger partial charge in [-0.05, 0) is 35.4 Å². The minimum Gasteiger partial charge on any atom is -0.288 e. The lowest BCUT2D eigenvalue weighted by Gasteiger charge is -2.18. The zero-order valence-corrected chi connectivity index (χ0v) is 11.0. The lowest BCUT2D eigenvalue weighted by molar-refractivity contribution is -0.114. The van der Waals surface area contributed by atoms with Crippen molar-refractivity contribution in [3.05, 3.63) is 70.8 Å². The van der Waals surface area contributed by atoms with Crippen LogP contribution in [0.25, 0.3) is 11.6 Å². The third-order valence-corrected chi connectivity index (χ3v) is 3.26. The number of benzene rings is 2. The van der Waals surface area contributed by atoms with Crippen LogP contribution >= 0.6 is 0 Å². The molecule has 0 radical (unpaired) electrons. The summed E-state index contributed by atoms with van der Waals surface area (Å²) in [6.45, 7) is 0. The van der Waals surface area contributed by atoms with Crippen LogP contribution in [0.5, 0.6) is 0 Å². The van der Waals surface area contributed by atoms with Crippen LogP contribution in [0.15, 0.2) is 48.5 Å². The second-order valence-corrected chi connectivity index (χ2v) is 4.62. The van der Waals surface area contributed by atoms with Gasteiger partial charge in [0.05, 0.1) is 11.6 Å². The number of fused-ring (bicyclic) bond motifs is 1. The summed E-state index contributed by atoms with van der Waals surface area (Å²) in [6.07, 6.45) is 1.68. The average molecular weight is 274 g/mol. The van der Waals surface area contributed by atoms with E-state index in [9.17, 15) is 9.59 Å². The first-order valence-corrected chi connectivity index (χ1v) is 6.36. The number of nitrogens with zero attached hydrogens (tertiary/aromatic N) is 1. The van der Waals surface area contributed by atoms with Crippen LogP contribution in [0.3, 0.4) is 0 Å². The third-order valence-electron chi connectivity index (χ3n) is 3.26. The molecule has 0 bridgehead atoms. The second-order valence-electron chi connectivity index (χ2n) is 4.62. The van der Waals surface area contributed by atoms with Crippen molar-refractivity contribution in [3.63, 3.8) is 0 Å². The van der Waals surface area contributed by atoms with Gasteiger partial charge in [-0.25, -0.2) is 0 Å². The van der Waals surface area contributed by atoms with E-state index in [0.29, 0.717) is 22.3 Å². The molecule has 2 aromatic carbocycles. The maximum Gasteiger partial charge on any atom is 0.258 e. The van der Waals surface area contributed by atoms with Gasteiger partial charge in [0.1, 0.15) is 0 Å². The van der Waals surface area contributed by atoms with Crippen LogP contribution < -0.4 is 5.32 Å². The van der Waals surface area contributed by atoms with Crippen molar-refractivity contribution in [2.75, 3.05) is 0 Å². The molecule has 1 heterocycles. The van der Waals surface area contributed by atoms with Crippen molar-refractivity contribution >= 4 is 23.5 Å². The Bertz CT molecular complexity index is 829. The van der Waals surface area contributed by atoms with E-state index in [4.69, 9.17) is 5.26 Å². The molecule has 4 nitrogen and oxygen atoms in total. The smallest absolute Gasteiger partial charge is 0.258 e. The molecule has 1 aliphatic heterocycles. The first-order chi connectivity index (χ1) is 10.2. The van der Waals surface area contributed by atoms with Crippen molar-refractivity contribution in [1.82, 2.24) is 5.32 Å². The van der Waals surface area contributed by atoms with Gasteiger partial charge in [-0.1, -0.05) is 30.3 Å². The molecule has 0 unspecified atom stereocenters. The Morgan fingerprint density at radius 1 is 0.952 bits per heavy atom. The summed E-state index contributed by atoms with van der Waals surface area (Å²) in [7, 11) is 0. The molecule has 100 valence electrons. The van der Waals surface area contributed by atoms with Gasteiger partial charge in [0.25, 0.3) is 11.8 Å². The molecule has 0 atom stereocenters. The summed E-state index contributed by atoms with van der Waals surface area (Å²) in [5.74, 6) is -0.820. The Balaban J connectivity index is 2.15. The van der Waals surface area contributed by atoms with Gasteiger partial charge in [0.2, 0.25) is 0 Å². The Hall–Kier alpha value is -3.19. The van der Waals surface area contributed by atoms with Crippen molar-refractivity contribution in [1.29, 1.82) is 5.26 Å². The number of carbonyl (C=O) groups is 2. The van der Waals surface area contributed by atoms with Crippen LogP contribution in [0.2, 0.25) is 0 Å². The van der Waals surface area contributed by atoms with Crippen LogP contribution in [-0.2, 0) is 4.79 Å². The molecule has 0 aromatic heterocycles. The summed E-state index contributed by atoms with van der Waals surface area (Å²) in [5.41, 5.74) is 2.75. The second kappa shape index (κ2) is 5.06. The van der Waals surface area contributed by atoms with Gasteiger partial charge < -0.3 is 0 Å². The lowest BCUT2D eigenvalue weighted by atomic mass is 9.93. The highest BCUT2D eigenvalue weighted by Crippen LogP contribution is 2.26. The van der Waals surface area contributed by atoms with Crippen molar-refractivity contribution in [3.8, 4) is 6.07 Å². The van der Waals surface area contributed by atoms with Gasteiger partial charge >= 0.3 is 0 Å². The van der Waals surface area contributed by atoms with E-state index in [1.54, 1.807) is 54.6 Å². The molecule has 4 heteroatoms. The molecule has 0 saturated carbocycles. The number of hydrogen-bond donors (Lipinski definition) is 1. The van der Waals surface area contributed by atoms with E-state index >= 15 is 0 Å². The minimum atomic E-state index is -0.430. The largest absolute Gasteiger partial charge is 0.288 e. The Labute approximate surface area is 121 Å². The molecule has 1 aliphatic rings. The lowest BCUT2D eigenvalue weighted by Crippen LogP contribution is -2.36. The Morgan fingerprint density at radius 2 is 1.71 bits per heavy atom. The molecule has 3 rings (SSSR count). The van der Waals surface area contributed by atoms with E-state index in [-0.39, 0.29) is 0 Å². The van der Waals surface area contributed by atoms with Crippen LogP contribution in [0, 0.1) is 11.3 Å². The molecule has 0 spiro atoms. The predicted octanol–water partition coefficient (Wildman–Crippen LogP) is 2.37. The van der Waals surface area contributed by atoms with Crippen molar-refractivity contribution in [2.45, 2.75) is 0 Å². The molecule has 0 fully saturated rings. The number of carbonyl (C=O) groups excluding carboxylic acids is 2. The molecule has 21 heavy (non-hydrogen) atoms. The van der Waals surface area contributed by atoms with E-state index in [1.165, 1.54) is 0 Å². The molecule has 0 saturated heterocycles. The highest BCUT2D eigenvalue weighted by Gasteiger charge is 2.26. The van der Waals surface area contributed by atoms with Gasteiger partial charge in [-0.2, -0.15) is 5.26 Å². The summed E-state index contributed by atoms with van der Waals surface area (Å²) >= 11 is 0. The quantitative estimate of drug-likeness (QED) is 0.641. The molecular weight excluding hydrogens is 264 g/mol. The Kier molecular flexibility index (Phi) is 3.09. The fourth-order valence-electron chi connectivity index (χ4n) is 2.28. The number of hydrogen-bond acceptors (Lipinski definition) is 3. The summed E-state index contributed by atoms with van der Waals surface area (Å²) in [5, 5.41) is 11.2. The average Bonchev–Trinajstić information content (AvgIpc) is 2.51. The van der Waals surface area contributed by atoms with E-state index in [0.717, 1.165) is 5.56 Å². The molecule has 1 N–H and O–H groups in total. The van der Waals surface area contributed by atoms with Gasteiger partial charge in [0, 0.05) is 11.1 Å². The molecule has 2 amide bonds. The summed E-state index contributed by atoms with van der Waals surface area (Å²) in [6, 6.07) is 16.0. The van der Waals surface area contributed by atoms with Crippen LogP contribution in [-0.4, -0.2) is 11.8 Å². The van der Waals surface area contributed by atoms with E-state index < -0.39 is 11.8 Å². The zero-order chi connectivity index (χ0) is 14.8. The Morgan fingerprint density at radius 3 is 2.48 bits per heavy atom. The summed E-state index contributed by atoms with van der Waals surface area (Å²) < 4.78 is 0. The fourth-order valence-corrected chi connectivity index (χ4v) is 2.28. The van der Waals surface area contributed by atoms with E-state index in [2.05, 4.69) is 11.4 Å².